The molecule has 2 aromatic rings. The first-order valence-electron chi connectivity index (χ1n) is 7.58. The van der Waals surface area contributed by atoms with Gasteiger partial charge >= 0.3 is 0 Å². The van der Waals surface area contributed by atoms with Crippen LogP contribution in [0, 0.1) is 27.7 Å². The van der Waals surface area contributed by atoms with Gasteiger partial charge < -0.3 is 10.6 Å². The molecule has 0 heterocycles. The molecule has 2 aromatic carbocycles. The molecule has 4 heteroatoms. The maximum absolute atomic E-state index is 12.0. The molecular weight excluding hydrogens is 288 g/mol. The molecule has 0 spiro atoms. The lowest BCUT2D eigenvalue weighted by atomic mass is 10.1. The smallest absolute Gasteiger partial charge is 0.233 e. The molecule has 120 valence electrons. The van der Waals surface area contributed by atoms with E-state index < -0.39 is 0 Å². The molecule has 0 unspecified atom stereocenters. The van der Waals surface area contributed by atoms with Crippen LogP contribution in [0.1, 0.15) is 28.7 Å². The Morgan fingerprint density at radius 2 is 0.957 bits per heavy atom. The molecule has 0 saturated heterocycles. The lowest BCUT2D eigenvalue weighted by molar-refractivity contribution is -0.123. The van der Waals surface area contributed by atoms with Crippen LogP contribution < -0.4 is 10.6 Å². The summed E-state index contributed by atoms with van der Waals surface area (Å²) in [4.78, 5) is 24.0. The number of anilines is 2. The molecule has 0 atom stereocenters. The third-order valence-electron chi connectivity index (χ3n) is 3.33. The van der Waals surface area contributed by atoms with E-state index in [0.717, 1.165) is 22.3 Å². The zero-order valence-corrected chi connectivity index (χ0v) is 14.0. The zero-order valence-electron chi connectivity index (χ0n) is 14.0. The Balaban J connectivity index is 1.95. The summed E-state index contributed by atoms with van der Waals surface area (Å²) in [6, 6.07) is 11.6. The van der Waals surface area contributed by atoms with E-state index in [1.54, 1.807) is 0 Å². The molecule has 0 fully saturated rings. The van der Waals surface area contributed by atoms with Crippen LogP contribution in [0.2, 0.25) is 0 Å². The highest BCUT2D eigenvalue weighted by atomic mass is 16.2. The van der Waals surface area contributed by atoms with Crippen LogP contribution in [0.25, 0.3) is 0 Å². The van der Waals surface area contributed by atoms with Crippen molar-refractivity contribution in [1.82, 2.24) is 0 Å². The highest BCUT2D eigenvalue weighted by molar-refractivity contribution is 6.08. The first-order valence-corrected chi connectivity index (χ1v) is 7.58. The summed E-state index contributed by atoms with van der Waals surface area (Å²) in [6.07, 6.45) is -0.208. The largest absolute Gasteiger partial charge is 0.326 e. The summed E-state index contributed by atoms with van der Waals surface area (Å²) in [5, 5.41) is 5.53. The molecule has 2 amide bonds. The molecule has 2 rings (SSSR count). The maximum atomic E-state index is 12.0. The molecule has 0 radical (unpaired) electrons. The summed E-state index contributed by atoms with van der Waals surface area (Å²) in [7, 11) is 0. The van der Waals surface area contributed by atoms with Crippen molar-refractivity contribution in [2.45, 2.75) is 34.1 Å². The number of carbonyl (C=O) groups is 2. The zero-order chi connectivity index (χ0) is 17.0. The van der Waals surface area contributed by atoms with E-state index in [1.165, 1.54) is 0 Å². The minimum absolute atomic E-state index is 0.208. The Kier molecular flexibility index (Phi) is 5.16. The van der Waals surface area contributed by atoms with Crippen molar-refractivity contribution in [2.75, 3.05) is 10.6 Å². The Morgan fingerprint density at radius 3 is 1.26 bits per heavy atom. The van der Waals surface area contributed by atoms with Crippen molar-refractivity contribution >= 4 is 23.2 Å². The summed E-state index contributed by atoms with van der Waals surface area (Å²) >= 11 is 0. The van der Waals surface area contributed by atoms with E-state index in [2.05, 4.69) is 10.6 Å². The average molecular weight is 310 g/mol. The molecule has 0 bridgehead atoms. The fraction of sp³-hybridized carbons (Fsp3) is 0.263. The number of rotatable bonds is 4. The highest BCUT2D eigenvalue weighted by Gasteiger charge is 2.11. The first-order chi connectivity index (χ1) is 10.8. The molecule has 0 aliphatic carbocycles. The van der Waals surface area contributed by atoms with Gasteiger partial charge in [0, 0.05) is 11.4 Å². The Bertz CT molecular complexity index is 647. The topological polar surface area (TPSA) is 58.2 Å². The molecule has 0 aliphatic heterocycles. The number of aryl methyl sites for hydroxylation is 4. The van der Waals surface area contributed by atoms with Gasteiger partial charge in [-0.15, -0.1) is 0 Å². The predicted molar refractivity (Wildman–Crippen MR) is 93.7 cm³/mol. The van der Waals surface area contributed by atoms with Crippen LogP contribution in [0.5, 0.6) is 0 Å². The average Bonchev–Trinajstić information content (AvgIpc) is 2.34. The van der Waals surface area contributed by atoms with E-state index in [-0.39, 0.29) is 18.2 Å². The standard InChI is InChI=1S/C19H22N2O2/c1-12-5-13(2)8-16(7-12)20-18(22)11-19(23)21-17-9-14(3)6-15(4)10-17/h5-10H,11H2,1-4H3,(H,20,22)(H,21,23). The van der Waals surface area contributed by atoms with E-state index in [0.29, 0.717) is 11.4 Å². The van der Waals surface area contributed by atoms with Crippen LogP contribution in [0.15, 0.2) is 36.4 Å². The van der Waals surface area contributed by atoms with Gasteiger partial charge in [0.15, 0.2) is 0 Å². The van der Waals surface area contributed by atoms with Crippen molar-refractivity contribution in [2.24, 2.45) is 0 Å². The van der Waals surface area contributed by atoms with Gasteiger partial charge in [-0.05, 0) is 74.2 Å². The maximum Gasteiger partial charge on any atom is 0.233 e. The molecule has 0 saturated carbocycles. The van der Waals surface area contributed by atoms with Crippen molar-refractivity contribution in [3.05, 3.63) is 58.7 Å². The predicted octanol–water partition coefficient (Wildman–Crippen LogP) is 3.89. The summed E-state index contributed by atoms with van der Waals surface area (Å²) < 4.78 is 0. The Morgan fingerprint density at radius 1 is 0.652 bits per heavy atom. The van der Waals surface area contributed by atoms with Gasteiger partial charge in [0.1, 0.15) is 6.42 Å². The van der Waals surface area contributed by atoms with E-state index in [4.69, 9.17) is 0 Å². The second kappa shape index (κ2) is 7.09. The molecule has 2 N–H and O–H groups in total. The van der Waals surface area contributed by atoms with Gasteiger partial charge in [-0.1, -0.05) is 12.1 Å². The van der Waals surface area contributed by atoms with Crippen molar-refractivity contribution < 1.29 is 9.59 Å². The summed E-state index contributed by atoms with van der Waals surface area (Å²) in [5.41, 5.74) is 5.71. The molecule has 0 aromatic heterocycles. The van der Waals surface area contributed by atoms with Crippen molar-refractivity contribution in [3.63, 3.8) is 0 Å². The second-order valence-electron chi connectivity index (χ2n) is 6.03. The number of hydrogen-bond acceptors (Lipinski definition) is 2. The monoisotopic (exact) mass is 310 g/mol. The number of hydrogen-bond donors (Lipinski definition) is 2. The third-order valence-corrected chi connectivity index (χ3v) is 3.33. The van der Waals surface area contributed by atoms with Crippen LogP contribution in [0.3, 0.4) is 0 Å². The highest BCUT2D eigenvalue weighted by Crippen LogP contribution is 2.15. The number of nitrogens with one attached hydrogen (secondary N) is 2. The second-order valence-corrected chi connectivity index (χ2v) is 6.03. The molecule has 0 aliphatic rings. The van der Waals surface area contributed by atoms with E-state index >= 15 is 0 Å². The summed E-state index contributed by atoms with van der Waals surface area (Å²) in [5.74, 6) is -0.645. The van der Waals surface area contributed by atoms with Crippen LogP contribution in [-0.2, 0) is 9.59 Å². The van der Waals surface area contributed by atoms with Crippen LogP contribution in [-0.4, -0.2) is 11.8 Å². The van der Waals surface area contributed by atoms with Crippen LogP contribution in [0.4, 0.5) is 11.4 Å². The fourth-order valence-corrected chi connectivity index (χ4v) is 2.65. The van der Waals surface area contributed by atoms with Gasteiger partial charge in [-0.2, -0.15) is 0 Å². The van der Waals surface area contributed by atoms with Gasteiger partial charge in [0.05, 0.1) is 0 Å². The van der Waals surface area contributed by atoms with Gasteiger partial charge in [0.2, 0.25) is 11.8 Å². The van der Waals surface area contributed by atoms with E-state index in [1.807, 2.05) is 64.1 Å². The Hall–Kier alpha value is -2.62. The third kappa shape index (κ3) is 5.25. The van der Waals surface area contributed by atoms with Gasteiger partial charge in [-0.25, -0.2) is 0 Å². The Labute approximate surface area is 136 Å². The van der Waals surface area contributed by atoms with Crippen LogP contribution >= 0.6 is 0 Å². The molecular formula is C19H22N2O2. The quantitative estimate of drug-likeness (QED) is 0.842. The van der Waals surface area contributed by atoms with Crippen molar-refractivity contribution in [1.29, 1.82) is 0 Å². The molecule has 4 nitrogen and oxygen atoms in total. The number of amides is 2. The lowest BCUT2D eigenvalue weighted by Gasteiger charge is -2.09. The first kappa shape index (κ1) is 16.7. The lowest BCUT2D eigenvalue weighted by Crippen LogP contribution is -2.21. The molecule has 23 heavy (non-hydrogen) atoms. The fourth-order valence-electron chi connectivity index (χ4n) is 2.65. The van der Waals surface area contributed by atoms with Gasteiger partial charge in [-0.3, -0.25) is 9.59 Å². The van der Waals surface area contributed by atoms with Crippen molar-refractivity contribution in [3.8, 4) is 0 Å². The minimum atomic E-state index is -0.322. The SMILES string of the molecule is Cc1cc(C)cc(NC(=O)CC(=O)Nc2cc(C)cc(C)c2)c1. The summed E-state index contributed by atoms with van der Waals surface area (Å²) in [6.45, 7) is 7.87. The van der Waals surface area contributed by atoms with Gasteiger partial charge in [0.25, 0.3) is 0 Å². The minimum Gasteiger partial charge on any atom is -0.326 e. The normalized spacial score (nSPS) is 10.3. The number of benzene rings is 2. The van der Waals surface area contributed by atoms with E-state index in [9.17, 15) is 9.59 Å². The number of carbonyl (C=O) groups excluding carboxylic acids is 2.